The van der Waals surface area contributed by atoms with Crippen molar-refractivity contribution in [3.63, 3.8) is 0 Å². The van der Waals surface area contributed by atoms with Gasteiger partial charge in [-0.3, -0.25) is 4.98 Å². The summed E-state index contributed by atoms with van der Waals surface area (Å²) in [5.74, 6) is 0. The van der Waals surface area contributed by atoms with Gasteiger partial charge in [-0.25, -0.2) is 0 Å². The first-order valence-corrected chi connectivity index (χ1v) is 13.8. The number of anilines is 3. The van der Waals surface area contributed by atoms with E-state index in [0.29, 0.717) is 0 Å². The minimum Gasteiger partial charge on any atom is -0.361 e. The summed E-state index contributed by atoms with van der Waals surface area (Å²) in [5, 5.41) is 0. The van der Waals surface area contributed by atoms with E-state index >= 15 is 0 Å². The molecule has 0 spiro atoms. The van der Waals surface area contributed by atoms with Crippen LogP contribution in [0.1, 0.15) is 0 Å². The molecule has 0 N–H and O–H groups in total. The third-order valence-electron chi connectivity index (χ3n) is 6.86. The summed E-state index contributed by atoms with van der Waals surface area (Å²) in [6, 6.07) is 40.7. The minimum atomic E-state index is 0.872. The van der Waals surface area contributed by atoms with Gasteiger partial charge in [-0.1, -0.05) is 60.3 Å². The van der Waals surface area contributed by atoms with Crippen molar-refractivity contribution in [3.8, 4) is 22.4 Å². The Morgan fingerprint density at radius 1 is 0.667 bits per heavy atom. The molecule has 0 fully saturated rings. The van der Waals surface area contributed by atoms with Gasteiger partial charge in [-0.2, -0.15) is 0 Å². The van der Waals surface area contributed by atoms with Crippen molar-refractivity contribution in [1.29, 1.82) is 0 Å². The van der Waals surface area contributed by atoms with E-state index in [-0.39, 0.29) is 0 Å². The van der Waals surface area contributed by atoms with Crippen molar-refractivity contribution in [2.45, 2.75) is 9.79 Å². The Hall–Kier alpha value is -4.48. The summed E-state index contributed by atoms with van der Waals surface area (Å²) < 4.78 is 0. The van der Waals surface area contributed by atoms with Gasteiger partial charge in [-0.15, -0.1) is 0 Å². The highest BCUT2D eigenvalue weighted by molar-refractivity contribution is 7.99. The van der Waals surface area contributed by atoms with Gasteiger partial charge in [0, 0.05) is 65.1 Å². The molecular formula is C34H30N4S. The normalized spacial score (nSPS) is 12.7. The van der Waals surface area contributed by atoms with E-state index in [1.807, 2.05) is 12.3 Å². The molecule has 1 aliphatic rings. The van der Waals surface area contributed by atoms with Crippen LogP contribution in [0.25, 0.3) is 22.4 Å². The lowest BCUT2D eigenvalue weighted by Crippen LogP contribution is -2.21. The zero-order valence-corrected chi connectivity index (χ0v) is 22.9. The zero-order valence-electron chi connectivity index (χ0n) is 22.1. The van der Waals surface area contributed by atoms with Crippen molar-refractivity contribution in [2.24, 2.45) is 0 Å². The fourth-order valence-electron chi connectivity index (χ4n) is 4.74. The maximum absolute atomic E-state index is 4.72. The molecule has 0 saturated carbocycles. The van der Waals surface area contributed by atoms with Crippen molar-refractivity contribution < 1.29 is 0 Å². The lowest BCUT2D eigenvalue weighted by molar-refractivity contribution is 0.495. The van der Waals surface area contributed by atoms with Crippen LogP contribution < -0.4 is 9.80 Å². The van der Waals surface area contributed by atoms with E-state index in [2.05, 4.69) is 150 Å². The molecule has 0 saturated heterocycles. The van der Waals surface area contributed by atoms with Crippen LogP contribution in [-0.4, -0.2) is 30.6 Å². The van der Waals surface area contributed by atoms with E-state index in [9.17, 15) is 0 Å². The molecule has 4 nitrogen and oxygen atoms in total. The first kappa shape index (κ1) is 24.8. The fourth-order valence-corrected chi connectivity index (χ4v) is 5.67. The Morgan fingerprint density at radius 2 is 1.38 bits per heavy atom. The second-order valence-electron chi connectivity index (χ2n) is 9.67. The molecule has 0 amide bonds. The average molecular weight is 527 g/mol. The van der Waals surface area contributed by atoms with Gasteiger partial charge in [0.1, 0.15) is 0 Å². The predicted molar refractivity (Wildman–Crippen MR) is 164 cm³/mol. The van der Waals surface area contributed by atoms with Gasteiger partial charge in [-0.05, 0) is 77.9 Å². The first-order chi connectivity index (χ1) is 19.1. The van der Waals surface area contributed by atoms with Crippen LogP contribution >= 0.6 is 11.8 Å². The van der Waals surface area contributed by atoms with Gasteiger partial charge in [0.25, 0.3) is 0 Å². The van der Waals surface area contributed by atoms with Gasteiger partial charge in [0.2, 0.25) is 0 Å². The van der Waals surface area contributed by atoms with E-state index < -0.39 is 0 Å². The Morgan fingerprint density at radius 3 is 2.21 bits per heavy atom. The van der Waals surface area contributed by atoms with Crippen molar-refractivity contribution in [2.75, 3.05) is 30.6 Å². The Labute approximate surface area is 234 Å². The summed E-state index contributed by atoms with van der Waals surface area (Å²) in [5.41, 5.74) is 7.91. The van der Waals surface area contributed by atoms with Crippen LogP contribution in [0.5, 0.6) is 0 Å². The summed E-state index contributed by atoms with van der Waals surface area (Å²) in [7, 11) is 4.19. The summed E-state index contributed by atoms with van der Waals surface area (Å²) in [4.78, 5) is 13.8. The van der Waals surface area contributed by atoms with Gasteiger partial charge < -0.3 is 14.7 Å². The largest absolute Gasteiger partial charge is 0.361 e. The van der Waals surface area contributed by atoms with Crippen LogP contribution in [0.15, 0.2) is 144 Å². The molecule has 6 rings (SSSR count). The minimum absolute atomic E-state index is 0.872. The molecule has 5 heteroatoms. The van der Waals surface area contributed by atoms with E-state index in [1.165, 1.54) is 21.0 Å². The summed E-state index contributed by atoms with van der Waals surface area (Å²) in [6.45, 7) is 0.872. The van der Waals surface area contributed by atoms with Crippen LogP contribution in [0, 0.1) is 0 Å². The highest BCUT2D eigenvalue weighted by atomic mass is 32.2. The molecule has 4 aromatic carbocycles. The lowest BCUT2D eigenvalue weighted by Gasteiger charge is -2.20. The van der Waals surface area contributed by atoms with Gasteiger partial charge in [0.05, 0.1) is 12.4 Å². The molecule has 39 heavy (non-hydrogen) atoms. The summed E-state index contributed by atoms with van der Waals surface area (Å²) in [6.07, 6.45) is 6.13. The maximum Gasteiger partial charge on any atom is 0.0938 e. The summed E-state index contributed by atoms with van der Waals surface area (Å²) >= 11 is 1.78. The van der Waals surface area contributed by atoms with Crippen LogP contribution in [0.3, 0.4) is 0 Å². The topological polar surface area (TPSA) is 22.6 Å². The number of hydrogen-bond donors (Lipinski definition) is 0. The average Bonchev–Trinajstić information content (AvgIpc) is 3.44. The number of benzene rings is 4. The SMILES string of the molecule is CN1C=CN(c2cccc(Sc3cccc(-c4cc(-c5cccc(N(C)c6ccccc6)c5)ccn4)c3)c2)C1. The smallest absolute Gasteiger partial charge is 0.0938 e. The second kappa shape index (κ2) is 11.1. The number of para-hydroxylation sites is 1. The number of rotatable bonds is 7. The molecule has 1 aromatic heterocycles. The predicted octanol–water partition coefficient (Wildman–Crippen LogP) is 8.52. The van der Waals surface area contributed by atoms with E-state index in [0.717, 1.165) is 34.9 Å². The highest BCUT2D eigenvalue weighted by Gasteiger charge is 2.12. The number of hydrogen-bond acceptors (Lipinski definition) is 5. The second-order valence-corrected chi connectivity index (χ2v) is 10.8. The van der Waals surface area contributed by atoms with E-state index in [4.69, 9.17) is 4.98 Å². The van der Waals surface area contributed by atoms with Gasteiger partial charge >= 0.3 is 0 Å². The molecule has 0 radical (unpaired) electrons. The van der Waals surface area contributed by atoms with Crippen LogP contribution in [0.4, 0.5) is 17.1 Å². The van der Waals surface area contributed by atoms with Crippen molar-refractivity contribution in [3.05, 3.63) is 134 Å². The molecule has 1 aliphatic heterocycles. The Bertz CT molecular complexity index is 1610. The van der Waals surface area contributed by atoms with Crippen LogP contribution in [-0.2, 0) is 0 Å². The lowest BCUT2D eigenvalue weighted by atomic mass is 10.0. The van der Waals surface area contributed by atoms with Crippen LogP contribution in [0.2, 0.25) is 0 Å². The molecule has 0 unspecified atom stereocenters. The number of pyridine rings is 1. The Balaban J connectivity index is 1.23. The zero-order chi connectivity index (χ0) is 26.6. The molecule has 0 aliphatic carbocycles. The quantitative estimate of drug-likeness (QED) is 0.211. The number of aromatic nitrogens is 1. The fraction of sp³-hybridized carbons (Fsp3) is 0.0882. The van der Waals surface area contributed by atoms with Crippen molar-refractivity contribution >= 4 is 28.8 Å². The molecule has 0 atom stereocenters. The first-order valence-electron chi connectivity index (χ1n) is 13.0. The standard InChI is InChI=1S/C34H30N4S/c1-36-19-20-38(25-36)31-14-8-16-33(24-31)39-32-15-7-10-28(22-32)34-23-27(17-18-35-34)26-9-6-13-30(21-26)37(2)29-11-4-3-5-12-29/h3-24H,25H2,1-2H3. The molecule has 2 heterocycles. The maximum atomic E-state index is 4.72. The molecule has 5 aromatic rings. The number of nitrogens with zero attached hydrogens (tertiary/aromatic N) is 4. The molecule has 0 bridgehead atoms. The Kier molecular flexibility index (Phi) is 7.07. The molecule has 192 valence electrons. The monoisotopic (exact) mass is 526 g/mol. The van der Waals surface area contributed by atoms with Crippen molar-refractivity contribution in [1.82, 2.24) is 9.88 Å². The van der Waals surface area contributed by atoms with E-state index in [1.54, 1.807) is 11.8 Å². The highest BCUT2D eigenvalue weighted by Crippen LogP contribution is 2.34. The van der Waals surface area contributed by atoms with Gasteiger partial charge in [0.15, 0.2) is 0 Å². The molecular weight excluding hydrogens is 496 g/mol. The third-order valence-corrected chi connectivity index (χ3v) is 7.84. The third kappa shape index (κ3) is 5.69.